The first-order valence-corrected chi connectivity index (χ1v) is 10.1. The molecule has 0 unspecified atom stereocenters. The normalized spacial score (nSPS) is 23.7. The number of rotatable bonds is 3. The van der Waals surface area contributed by atoms with Gasteiger partial charge in [-0.1, -0.05) is 12.1 Å². The van der Waals surface area contributed by atoms with Gasteiger partial charge in [0.2, 0.25) is 5.92 Å². The van der Waals surface area contributed by atoms with Crippen molar-refractivity contribution >= 4 is 11.6 Å². The highest BCUT2D eigenvalue weighted by atomic mass is 19.3. The molecule has 2 aromatic rings. The highest BCUT2D eigenvalue weighted by Crippen LogP contribution is 2.43. The van der Waals surface area contributed by atoms with Gasteiger partial charge in [0, 0.05) is 51.3 Å². The highest BCUT2D eigenvalue weighted by Gasteiger charge is 2.45. The minimum atomic E-state index is -2.53. The van der Waals surface area contributed by atoms with Gasteiger partial charge in [0.05, 0.1) is 11.7 Å². The summed E-state index contributed by atoms with van der Waals surface area (Å²) in [5.41, 5.74) is 2.37. The summed E-state index contributed by atoms with van der Waals surface area (Å²) in [6.07, 6.45) is 2.38. The number of halogens is 2. The molecule has 6 nitrogen and oxygen atoms in total. The largest absolute Gasteiger partial charge is 0.489 e. The lowest BCUT2D eigenvalue weighted by Crippen LogP contribution is -2.51. The molecule has 1 fully saturated rings. The van der Waals surface area contributed by atoms with Gasteiger partial charge in [-0.25, -0.2) is 8.78 Å². The number of hydrogen-bond acceptors (Lipinski definition) is 4. The average Bonchev–Trinajstić information content (AvgIpc) is 3.00. The van der Waals surface area contributed by atoms with Crippen LogP contribution in [0.1, 0.15) is 28.9 Å². The number of likely N-dealkylation sites (N-methyl/N-ethyl adjacent to an activating group) is 1. The van der Waals surface area contributed by atoms with E-state index >= 15 is 0 Å². The Morgan fingerprint density at radius 3 is 2.86 bits per heavy atom. The molecule has 5 rings (SSSR count). The Balaban J connectivity index is 1.30. The van der Waals surface area contributed by atoms with Gasteiger partial charge >= 0.3 is 0 Å². The van der Waals surface area contributed by atoms with Gasteiger partial charge in [-0.3, -0.25) is 9.48 Å². The summed E-state index contributed by atoms with van der Waals surface area (Å²) in [6.45, 7) is 2.16. The maximum atomic E-state index is 13.1. The lowest BCUT2D eigenvalue weighted by molar-refractivity contribution is -0.114. The summed E-state index contributed by atoms with van der Waals surface area (Å²) >= 11 is 0. The van der Waals surface area contributed by atoms with E-state index in [1.54, 1.807) is 4.68 Å². The smallest absolute Gasteiger partial charge is 0.275 e. The number of amides is 1. The molecule has 29 heavy (non-hydrogen) atoms. The van der Waals surface area contributed by atoms with E-state index < -0.39 is 5.92 Å². The van der Waals surface area contributed by atoms with Crippen molar-refractivity contribution in [3.05, 3.63) is 41.7 Å². The average molecular weight is 402 g/mol. The van der Waals surface area contributed by atoms with Crippen molar-refractivity contribution in [1.29, 1.82) is 0 Å². The van der Waals surface area contributed by atoms with Crippen LogP contribution in [0.25, 0.3) is 0 Å². The van der Waals surface area contributed by atoms with Crippen LogP contribution >= 0.6 is 0 Å². The van der Waals surface area contributed by atoms with E-state index in [9.17, 15) is 13.6 Å². The first kappa shape index (κ1) is 18.4. The SMILES string of the molecule is CN1C[C@H](N2CCc3cn(CC4CC(F)(F)C4)nc3C2=O)COc2ccccc21. The second kappa shape index (κ2) is 6.71. The summed E-state index contributed by atoms with van der Waals surface area (Å²) < 4.78 is 33.9. The lowest BCUT2D eigenvalue weighted by Gasteiger charge is -2.34. The molecule has 3 heterocycles. The molecule has 0 spiro atoms. The number of alkyl halides is 2. The fraction of sp³-hybridized carbons (Fsp3) is 0.524. The van der Waals surface area contributed by atoms with Gasteiger partial charge in [0.25, 0.3) is 5.91 Å². The zero-order valence-electron chi connectivity index (χ0n) is 16.4. The monoisotopic (exact) mass is 402 g/mol. The molecule has 3 aliphatic rings. The van der Waals surface area contributed by atoms with Crippen molar-refractivity contribution in [3.63, 3.8) is 0 Å². The molecule has 154 valence electrons. The quantitative estimate of drug-likeness (QED) is 0.792. The molecule has 0 N–H and O–H groups in total. The summed E-state index contributed by atoms with van der Waals surface area (Å²) in [7, 11) is 2.00. The van der Waals surface area contributed by atoms with Crippen LogP contribution < -0.4 is 9.64 Å². The number of fused-ring (bicyclic) bond motifs is 2. The Labute approximate surface area is 168 Å². The molecule has 1 saturated carbocycles. The summed E-state index contributed by atoms with van der Waals surface area (Å²) in [6, 6.07) is 7.79. The van der Waals surface area contributed by atoms with Crippen LogP contribution in [0.5, 0.6) is 5.75 Å². The molecule has 1 aromatic carbocycles. The van der Waals surface area contributed by atoms with Crippen LogP contribution in [-0.2, 0) is 13.0 Å². The van der Waals surface area contributed by atoms with Crippen LogP contribution in [0.2, 0.25) is 0 Å². The number of nitrogens with zero attached hydrogens (tertiary/aromatic N) is 4. The molecule has 0 radical (unpaired) electrons. The van der Waals surface area contributed by atoms with Crippen LogP contribution in [0.3, 0.4) is 0 Å². The molecule has 1 aromatic heterocycles. The van der Waals surface area contributed by atoms with E-state index in [0.717, 1.165) is 23.4 Å². The van der Waals surface area contributed by atoms with Crippen molar-refractivity contribution in [2.45, 2.75) is 37.8 Å². The molecule has 0 saturated heterocycles. The van der Waals surface area contributed by atoms with Crippen molar-refractivity contribution in [3.8, 4) is 5.75 Å². The number of hydrogen-bond donors (Lipinski definition) is 0. The third-order valence-electron chi connectivity index (χ3n) is 6.18. The zero-order chi connectivity index (χ0) is 20.2. The van der Waals surface area contributed by atoms with Crippen molar-refractivity contribution in [1.82, 2.24) is 14.7 Å². The van der Waals surface area contributed by atoms with E-state index in [1.165, 1.54) is 0 Å². The van der Waals surface area contributed by atoms with Crippen LogP contribution in [-0.4, -0.2) is 59.3 Å². The van der Waals surface area contributed by atoms with Crippen molar-refractivity contribution in [2.75, 3.05) is 31.6 Å². The van der Waals surface area contributed by atoms with Gasteiger partial charge < -0.3 is 14.5 Å². The third-order valence-corrected chi connectivity index (χ3v) is 6.18. The Kier molecular flexibility index (Phi) is 4.26. The minimum absolute atomic E-state index is 0.0695. The molecule has 2 aliphatic heterocycles. The Morgan fingerprint density at radius 1 is 1.28 bits per heavy atom. The molecule has 1 aliphatic carbocycles. The van der Waals surface area contributed by atoms with Crippen LogP contribution in [0.4, 0.5) is 14.5 Å². The minimum Gasteiger partial charge on any atom is -0.489 e. The van der Waals surface area contributed by atoms with Crippen molar-refractivity contribution < 1.29 is 18.3 Å². The number of anilines is 1. The van der Waals surface area contributed by atoms with Crippen LogP contribution in [0, 0.1) is 5.92 Å². The van der Waals surface area contributed by atoms with Crippen LogP contribution in [0.15, 0.2) is 30.5 Å². The number of carbonyl (C=O) groups is 1. The number of benzene rings is 1. The Morgan fingerprint density at radius 2 is 2.07 bits per heavy atom. The maximum absolute atomic E-state index is 13.1. The van der Waals surface area contributed by atoms with E-state index in [4.69, 9.17) is 4.74 Å². The van der Waals surface area contributed by atoms with Crippen molar-refractivity contribution in [2.24, 2.45) is 5.92 Å². The molecular formula is C21H24F2N4O2. The highest BCUT2D eigenvalue weighted by molar-refractivity contribution is 5.95. The summed E-state index contributed by atoms with van der Waals surface area (Å²) in [5, 5.41) is 4.45. The molecule has 1 amide bonds. The third kappa shape index (κ3) is 3.34. The molecule has 1 atom stereocenters. The summed E-state index contributed by atoms with van der Waals surface area (Å²) in [4.78, 5) is 17.1. The molecular weight excluding hydrogens is 378 g/mol. The second-order valence-corrected chi connectivity index (χ2v) is 8.42. The molecule has 0 bridgehead atoms. The van der Waals surface area contributed by atoms with E-state index in [-0.39, 0.29) is 30.7 Å². The van der Waals surface area contributed by atoms with Gasteiger partial charge in [0.15, 0.2) is 5.69 Å². The maximum Gasteiger partial charge on any atom is 0.275 e. The summed E-state index contributed by atoms with van der Waals surface area (Å²) in [5.74, 6) is -1.88. The Bertz CT molecular complexity index is 937. The topological polar surface area (TPSA) is 50.6 Å². The Hall–Kier alpha value is -2.64. The number of carbonyl (C=O) groups excluding carboxylic acids is 1. The predicted octanol–water partition coefficient (Wildman–Crippen LogP) is 2.82. The standard InChI is InChI=1S/C21H24F2N4O2/c1-25-12-16(13-29-18-5-3-2-4-17(18)25)27-7-6-15-11-26(24-19(15)20(27)28)10-14-8-21(22,23)9-14/h2-5,11,14,16H,6-10,12-13H2,1H3/t16-/m0/s1. The number of para-hydroxylation sites is 2. The number of ether oxygens (including phenoxy) is 1. The van der Waals surface area contributed by atoms with Gasteiger partial charge in [0.1, 0.15) is 12.4 Å². The first-order valence-electron chi connectivity index (χ1n) is 10.1. The van der Waals surface area contributed by atoms with E-state index in [0.29, 0.717) is 31.9 Å². The molecule has 8 heteroatoms. The van der Waals surface area contributed by atoms with Gasteiger partial charge in [-0.2, -0.15) is 5.10 Å². The first-order chi connectivity index (χ1) is 13.9. The second-order valence-electron chi connectivity index (χ2n) is 8.42. The number of aromatic nitrogens is 2. The fourth-order valence-corrected chi connectivity index (χ4v) is 4.66. The fourth-order valence-electron chi connectivity index (χ4n) is 4.66. The zero-order valence-corrected chi connectivity index (χ0v) is 16.4. The lowest BCUT2D eigenvalue weighted by atomic mass is 9.81. The van der Waals surface area contributed by atoms with Gasteiger partial charge in [-0.15, -0.1) is 0 Å². The van der Waals surface area contributed by atoms with Gasteiger partial charge in [-0.05, 0) is 24.5 Å². The van der Waals surface area contributed by atoms with E-state index in [1.807, 2.05) is 42.4 Å². The van der Waals surface area contributed by atoms with E-state index in [2.05, 4.69) is 10.00 Å². The predicted molar refractivity (Wildman–Crippen MR) is 104 cm³/mol.